The number of fused-ring (bicyclic) bond motifs is 1. The van der Waals surface area contributed by atoms with Crippen molar-refractivity contribution in [3.63, 3.8) is 0 Å². The van der Waals surface area contributed by atoms with E-state index in [4.69, 9.17) is 4.42 Å². The molecule has 2 amide bonds. The van der Waals surface area contributed by atoms with E-state index in [1.165, 1.54) is 18.4 Å². The maximum absolute atomic E-state index is 13.9. The number of rotatable bonds is 14. The molecule has 2 aromatic heterocycles. The first-order chi connectivity index (χ1) is 18.9. The molecule has 0 unspecified atom stereocenters. The number of carbonyl (C=O) groups is 2. The van der Waals surface area contributed by atoms with E-state index >= 15 is 0 Å². The molecule has 0 spiro atoms. The number of carbonyl (C=O) groups excluding carboxylic acids is 2. The number of aromatic nitrogens is 1. The number of pyridine rings is 1. The van der Waals surface area contributed by atoms with Crippen LogP contribution in [0.15, 0.2) is 64.2 Å². The minimum Gasteiger partial charge on any atom is -0.464 e. The fourth-order valence-electron chi connectivity index (χ4n) is 4.59. The largest absolute Gasteiger partial charge is 0.464 e. The predicted octanol–water partition coefficient (Wildman–Crippen LogP) is 4.69. The van der Waals surface area contributed by atoms with Gasteiger partial charge in [-0.15, -0.1) is 0 Å². The minimum absolute atomic E-state index is 0.00144. The second kappa shape index (κ2) is 13.9. The van der Waals surface area contributed by atoms with E-state index in [0.717, 1.165) is 5.69 Å². The smallest absolute Gasteiger partial charge is 0.241 e. The van der Waals surface area contributed by atoms with Crippen molar-refractivity contribution in [1.29, 1.82) is 0 Å². The zero-order valence-electron chi connectivity index (χ0n) is 24.3. The molecule has 0 bridgehead atoms. The van der Waals surface area contributed by atoms with Crippen LogP contribution < -0.4 is 4.72 Å². The third-order valence-corrected chi connectivity index (χ3v) is 7.68. The summed E-state index contributed by atoms with van der Waals surface area (Å²) in [7, 11) is -4.14. The van der Waals surface area contributed by atoms with Crippen molar-refractivity contribution < 1.29 is 22.4 Å². The van der Waals surface area contributed by atoms with E-state index in [1.54, 1.807) is 34.2 Å². The van der Waals surface area contributed by atoms with Crippen molar-refractivity contribution in [1.82, 2.24) is 19.5 Å². The van der Waals surface area contributed by atoms with Crippen LogP contribution in [0, 0.1) is 17.8 Å². The van der Waals surface area contributed by atoms with E-state index in [0.29, 0.717) is 30.6 Å². The fourth-order valence-corrected chi connectivity index (χ4v) is 5.81. The Kier molecular flexibility index (Phi) is 10.9. The van der Waals surface area contributed by atoms with Crippen LogP contribution in [0.2, 0.25) is 0 Å². The zero-order valence-corrected chi connectivity index (χ0v) is 25.1. The van der Waals surface area contributed by atoms with E-state index in [1.807, 2.05) is 53.7 Å². The van der Waals surface area contributed by atoms with Crippen molar-refractivity contribution in [2.45, 2.75) is 65.4 Å². The number of sulfonamides is 1. The van der Waals surface area contributed by atoms with Crippen LogP contribution in [0.4, 0.5) is 0 Å². The Balaban J connectivity index is 1.94. The van der Waals surface area contributed by atoms with Gasteiger partial charge in [0, 0.05) is 31.2 Å². The van der Waals surface area contributed by atoms with Crippen molar-refractivity contribution in [2.24, 2.45) is 17.8 Å². The first-order valence-electron chi connectivity index (χ1n) is 13.8. The van der Waals surface area contributed by atoms with Crippen molar-refractivity contribution in [2.75, 3.05) is 19.6 Å². The van der Waals surface area contributed by atoms with Gasteiger partial charge in [0.1, 0.15) is 11.6 Å². The molecule has 3 aromatic rings. The maximum atomic E-state index is 13.9. The van der Waals surface area contributed by atoms with Gasteiger partial charge in [-0.1, -0.05) is 47.6 Å². The molecule has 0 saturated carbocycles. The number of furan rings is 1. The van der Waals surface area contributed by atoms with E-state index in [9.17, 15) is 18.0 Å². The number of nitrogens with one attached hydrogen (secondary N) is 1. The zero-order chi connectivity index (χ0) is 29.4. The van der Waals surface area contributed by atoms with Crippen LogP contribution in [0.3, 0.4) is 0 Å². The van der Waals surface area contributed by atoms with Crippen LogP contribution in [0.1, 0.15) is 53.7 Å². The van der Waals surface area contributed by atoms with Gasteiger partial charge in [0.05, 0.1) is 29.8 Å². The number of nitrogens with zero attached hydrogens (tertiary/aromatic N) is 3. The molecule has 10 heteroatoms. The Labute approximate surface area is 238 Å². The molecular weight excluding hydrogens is 528 g/mol. The Morgan fingerprint density at radius 3 is 2.15 bits per heavy atom. The number of hydrogen-bond donors (Lipinski definition) is 1. The monoisotopic (exact) mass is 570 g/mol. The third kappa shape index (κ3) is 8.89. The van der Waals surface area contributed by atoms with Gasteiger partial charge >= 0.3 is 0 Å². The van der Waals surface area contributed by atoms with Crippen molar-refractivity contribution in [3.05, 3.63) is 60.6 Å². The third-order valence-electron chi connectivity index (χ3n) is 6.21. The molecule has 40 heavy (non-hydrogen) atoms. The molecule has 1 aromatic carbocycles. The molecule has 9 nitrogen and oxygen atoms in total. The van der Waals surface area contributed by atoms with Gasteiger partial charge in [0.15, 0.2) is 0 Å². The molecular formula is C30H42N4O5S. The summed E-state index contributed by atoms with van der Waals surface area (Å²) < 4.78 is 35.0. The molecule has 0 radical (unpaired) electrons. The van der Waals surface area contributed by atoms with Gasteiger partial charge in [-0.3, -0.25) is 14.6 Å². The Bertz CT molecular complexity index is 1360. The lowest BCUT2D eigenvalue weighted by molar-refractivity contribution is -0.140. The molecule has 0 saturated heterocycles. The summed E-state index contributed by atoms with van der Waals surface area (Å²) in [6, 6.07) is 10.4. The summed E-state index contributed by atoms with van der Waals surface area (Å²) in [5.74, 6) is -0.231. The van der Waals surface area contributed by atoms with E-state index < -0.39 is 22.0 Å². The van der Waals surface area contributed by atoms with Crippen LogP contribution in [0.25, 0.3) is 11.0 Å². The van der Waals surface area contributed by atoms with Crippen LogP contribution >= 0.6 is 0 Å². The number of hydrogen-bond acceptors (Lipinski definition) is 6. The Morgan fingerprint density at radius 2 is 1.55 bits per heavy atom. The van der Waals surface area contributed by atoms with Gasteiger partial charge < -0.3 is 14.2 Å². The predicted molar refractivity (Wildman–Crippen MR) is 156 cm³/mol. The van der Waals surface area contributed by atoms with Crippen molar-refractivity contribution >= 4 is 32.8 Å². The van der Waals surface area contributed by atoms with Gasteiger partial charge in [-0.2, -0.15) is 4.72 Å². The molecule has 2 heterocycles. The molecule has 0 aliphatic rings. The average molecular weight is 571 g/mol. The lowest BCUT2D eigenvalue weighted by Crippen LogP contribution is -2.52. The highest BCUT2D eigenvalue weighted by atomic mass is 32.2. The SMILES string of the molecule is CC(C)CN(Cc1ccccn1)C(=O)C[C@H](NS(=O)(=O)c1ccc2occc2c1)C(=O)N(CC(C)C)CC(C)C. The quantitative estimate of drug-likeness (QED) is 0.301. The minimum atomic E-state index is -4.14. The highest BCUT2D eigenvalue weighted by Gasteiger charge is 2.33. The second-order valence-electron chi connectivity index (χ2n) is 11.5. The Hall–Kier alpha value is -3.24. The summed E-state index contributed by atoms with van der Waals surface area (Å²) >= 11 is 0. The summed E-state index contributed by atoms with van der Waals surface area (Å²) in [5.41, 5.74) is 1.27. The molecule has 3 rings (SSSR count). The lowest BCUT2D eigenvalue weighted by atomic mass is 10.1. The molecule has 0 aliphatic carbocycles. The van der Waals surface area contributed by atoms with Crippen LogP contribution in [-0.4, -0.2) is 60.7 Å². The summed E-state index contributed by atoms with van der Waals surface area (Å²) in [6.45, 7) is 13.6. The number of benzene rings is 1. The topological polar surface area (TPSA) is 113 Å². The highest BCUT2D eigenvalue weighted by Crippen LogP contribution is 2.21. The summed E-state index contributed by atoms with van der Waals surface area (Å²) in [5, 5.41) is 0.626. The Morgan fingerprint density at radius 1 is 0.900 bits per heavy atom. The van der Waals surface area contributed by atoms with Gasteiger partial charge in [0.2, 0.25) is 21.8 Å². The normalized spacial score (nSPS) is 12.8. The van der Waals surface area contributed by atoms with Gasteiger partial charge in [0.25, 0.3) is 0 Å². The van der Waals surface area contributed by atoms with E-state index in [2.05, 4.69) is 9.71 Å². The maximum Gasteiger partial charge on any atom is 0.241 e. The first-order valence-corrected chi connectivity index (χ1v) is 15.3. The molecule has 1 atom stereocenters. The highest BCUT2D eigenvalue weighted by molar-refractivity contribution is 7.89. The molecule has 218 valence electrons. The first kappa shape index (κ1) is 31.3. The molecule has 1 N–H and O–H groups in total. The number of amides is 2. The van der Waals surface area contributed by atoms with Gasteiger partial charge in [-0.25, -0.2) is 8.42 Å². The molecule has 0 fully saturated rings. The fraction of sp³-hybridized carbons (Fsp3) is 0.500. The van der Waals surface area contributed by atoms with Gasteiger partial charge in [-0.05, 0) is 54.2 Å². The standard InChI is InChI=1S/C30H42N4O5S/c1-21(2)17-33(20-25-9-7-8-13-31-25)29(35)16-27(30(36)34(18-22(3)4)19-23(5)6)32-40(37,38)26-10-11-28-24(15-26)12-14-39-28/h7-15,21-23,27,32H,16-20H2,1-6H3/t27-/m0/s1. The summed E-state index contributed by atoms with van der Waals surface area (Å²) in [6.07, 6.45) is 2.85. The van der Waals surface area contributed by atoms with Crippen LogP contribution in [-0.2, 0) is 26.2 Å². The lowest BCUT2D eigenvalue weighted by Gasteiger charge is -2.32. The average Bonchev–Trinajstić information content (AvgIpc) is 3.35. The van der Waals surface area contributed by atoms with E-state index in [-0.39, 0.29) is 41.5 Å². The molecule has 0 aliphatic heterocycles. The summed E-state index contributed by atoms with van der Waals surface area (Å²) in [4.78, 5) is 35.3. The second-order valence-corrected chi connectivity index (χ2v) is 13.2. The van der Waals surface area contributed by atoms with Crippen molar-refractivity contribution in [3.8, 4) is 0 Å². The van der Waals surface area contributed by atoms with Crippen LogP contribution in [0.5, 0.6) is 0 Å².